The average Bonchev–Trinajstić information content (AvgIpc) is 2.68. The minimum absolute atomic E-state index is 0.331. The van der Waals surface area contributed by atoms with Crippen LogP contribution in [0, 0.1) is 0 Å². The molecule has 0 aliphatic heterocycles. The molecule has 3 aromatic rings. The third-order valence-electron chi connectivity index (χ3n) is 3.62. The van der Waals surface area contributed by atoms with Crippen molar-refractivity contribution in [2.45, 2.75) is 6.54 Å². The first kappa shape index (κ1) is 17.7. The molecule has 7 heteroatoms. The highest BCUT2D eigenvalue weighted by Crippen LogP contribution is 2.28. The van der Waals surface area contributed by atoms with Crippen LogP contribution in [0.2, 0.25) is 5.02 Å². The van der Waals surface area contributed by atoms with Gasteiger partial charge >= 0.3 is 0 Å². The molecule has 0 spiro atoms. The van der Waals surface area contributed by atoms with Crippen LogP contribution < -0.4 is 15.4 Å². The Morgan fingerprint density at radius 1 is 1.12 bits per heavy atom. The van der Waals surface area contributed by atoms with E-state index in [1.165, 1.54) is 19.5 Å². The SMILES string of the molecule is COc1ccc(Cl)cc1NC(=O)c1cnc(NCc2ccccc2)nc1. The van der Waals surface area contributed by atoms with E-state index in [0.717, 1.165) is 5.56 Å². The highest BCUT2D eigenvalue weighted by atomic mass is 35.5. The summed E-state index contributed by atoms with van der Waals surface area (Å²) >= 11 is 5.97. The first-order valence-corrected chi connectivity index (χ1v) is 8.28. The molecular weight excluding hydrogens is 352 g/mol. The van der Waals surface area contributed by atoms with Gasteiger partial charge in [-0.3, -0.25) is 4.79 Å². The van der Waals surface area contributed by atoms with Crippen LogP contribution in [0.3, 0.4) is 0 Å². The highest BCUT2D eigenvalue weighted by Gasteiger charge is 2.11. The van der Waals surface area contributed by atoms with Gasteiger partial charge in [-0.2, -0.15) is 0 Å². The molecule has 0 aliphatic rings. The summed E-state index contributed by atoms with van der Waals surface area (Å²) in [5, 5.41) is 6.36. The normalized spacial score (nSPS) is 10.2. The summed E-state index contributed by atoms with van der Waals surface area (Å²) in [5.74, 6) is 0.621. The number of benzene rings is 2. The highest BCUT2D eigenvalue weighted by molar-refractivity contribution is 6.31. The number of nitrogens with one attached hydrogen (secondary N) is 2. The molecule has 2 N–H and O–H groups in total. The molecule has 1 amide bonds. The van der Waals surface area contributed by atoms with Gasteiger partial charge < -0.3 is 15.4 Å². The zero-order valence-electron chi connectivity index (χ0n) is 14.1. The molecule has 1 heterocycles. The molecule has 0 saturated carbocycles. The molecular formula is C19H17ClN4O2. The number of rotatable bonds is 6. The maximum absolute atomic E-state index is 12.4. The van der Waals surface area contributed by atoms with Crippen molar-refractivity contribution in [2.75, 3.05) is 17.7 Å². The van der Waals surface area contributed by atoms with E-state index in [1.807, 2.05) is 30.3 Å². The summed E-state index contributed by atoms with van der Waals surface area (Å²) in [6.45, 7) is 0.603. The molecule has 2 aromatic carbocycles. The van der Waals surface area contributed by atoms with Gasteiger partial charge in [0.25, 0.3) is 5.91 Å². The van der Waals surface area contributed by atoms with E-state index < -0.39 is 0 Å². The Morgan fingerprint density at radius 3 is 2.54 bits per heavy atom. The van der Waals surface area contributed by atoms with Crippen LogP contribution in [0.25, 0.3) is 0 Å². The first-order chi connectivity index (χ1) is 12.7. The van der Waals surface area contributed by atoms with Gasteiger partial charge in [0.2, 0.25) is 5.95 Å². The molecule has 0 bridgehead atoms. The number of hydrogen-bond donors (Lipinski definition) is 2. The predicted molar refractivity (Wildman–Crippen MR) is 102 cm³/mol. The Bertz CT molecular complexity index is 886. The maximum Gasteiger partial charge on any atom is 0.258 e. The lowest BCUT2D eigenvalue weighted by molar-refractivity contribution is 0.102. The van der Waals surface area contributed by atoms with Crippen molar-refractivity contribution in [1.82, 2.24) is 9.97 Å². The van der Waals surface area contributed by atoms with E-state index in [-0.39, 0.29) is 5.91 Å². The number of hydrogen-bond acceptors (Lipinski definition) is 5. The van der Waals surface area contributed by atoms with Crippen LogP contribution in [0.15, 0.2) is 60.9 Å². The topological polar surface area (TPSA) is 76.1 Å². The fraction of sp³-hybridized carbons (Fsp3) is 0.105. The lowest BCUT2D eigenvalue weighted by Gasteiger charge is -2.10. The van der Waals surface area contributed by atoms with E-state index in [0.29, 0.717) is 34.5 Å². The number of methoxy groups -OCH3 is 1. The average molecular weight is 369 g/mol. The van der Waals surface area contributed by atoms with Crippen LogP contribution in [0.4, 0.5) is 11.6 Å². The Labute approximate surface area is 156 Å². The second-order valence-electron chi connectivity index (χ2n) is 5.43. The summed E-state index contributed by atoms with van der Waals surface area (Å²) in [4.78, 5) is 20.7. The van der Waals surface area contributed by atoms with Crippen molar-refractivity contribution < 1.29 is 9.53 Å². The van der Waals surface area contributed by atoms with E-state index in [4.69, 9.17) is 16.3 Å². The smallest absolute Gasteiger partial charge is 0.258 e. The number of carbonyl (C=O) groups excluding carboxylic acids is 1. The van der Waals surface area contributed by atoms with Crippen molar-refractivity contribution in [3.8, 4) is 5.75 Å². The Hall–Kier alpha value is -3.12. The lowest BCUT2D eigenvalue weighted by Crippen LogP contribution is -2.14. The van der Waals surface area contributed by atoms with E-state index >= 15 is 0 Å². The molecule has 0 atom stereocenters. The van der Waals surface area contributed by atoms with Crippen LogP contribution in [0.1, 0.15) is 15.9 Å². The van der Waals surface area contributed by atoms with Crippen molar-refractivity contribution in [1.29, 1.82) is 0 Å². The molecule has 0 fully saturated rings. The molecule has 6 nitrogen and oxygen atoms in total. The predicted octanol–water partition coefficient (Wildman–Crippen LogP) is 4.00. The summed E-state index contributed by atoms with van der Waals surface area (Å²) < 4.78 is 5.22. The van der Waals surface area contributed by atoms with E-state index in [2.05, 4.69) is 20.6 Å². The fourth-order valence-corrected chi connectivity index (χ4v) is 2.46. The Kier molecular flexibility index (Phi) is 5.66. The van der Waals surface area contributed by atoms with Crippen LogP contribution in [-0.4, -0.2) is 23.0 Å². The standard InChI is InChI=1S/C19H17ClN4O2/c1-26-17-8-7-15(20)9-16(17)24-18(25)14-11-22-19(23-12-14)21-10-13-5-3-2-4-6-13/h2-9,11-12H,10H2,1H3,(H,24,25)(H,21,22,23). The van der Waals surface area contributed by atoms with Gasteiger partial charge in [0, 0.05) is 24.0 Å². The number of anilines is 2. The minimum atomic E-state index is -0.347. The minimum Gasteiger partial charge on any atom is -0.495 e. The van der Waals surface area contributed by atoms with Gasteiger partial charge in [0.05, 0.1) is 18.4 Å². The van der Waals surface area contributed by atoms with Gasteiger partial charge in [-0.1, -0.05) is 41.9 Å². The Morgan fingerprint density at radius 2 is 1.85 bits per heavy atom. The summed E-state index contributed by atoms with van der Waals surface area (Å²) in [6, 6.07) is 14.9. The van der Waals surface area contributed by atoms with Crippen LogP contribution in [-0.2, 0) is 6.54 Å². The molecule has 0 aliphatic carbocycles. The number of nitrogens with zero attached hydrogens (tertiary/aromatic N) is 2. The molecule has 1 aromatic heterocycles. The van der Waals surface area contributed by atoms with Gasteiger partial charge in [0.1, 0.15) is 5.75 Å². The van der Waals surface area contributed by atoms with Gasteiger partial charge in [-0.25, -0.2) is 9.97 Å². The number of halogens is 1. The summed E-state index contributed by atoms with van der Waals surface area (Å²) in [5.41, 5.74) is 1.93. The second kappa shape index (κ2) is 8.31. The number of ether oxygens (including phenoxy) is 1. The monoisotopic (exact) mass is 368 g/mol. The van der Waals surface area contributed by atoms with Crippen LogP contribution >= 0.6 is 11.6 Å². The molecule has 26 heavy (non-hydrogen) atoms. The van der Waals surface area contributed by atoms with Gasteiger partial charge in [-0.05, 0) is 23.8 Å². The zero-order valence-corrected chi connectivity index (χ0v) is 14.8. The summed E-state index contributed by atoms with van der Waals surface area (Å²) in [6.07, 6.45) is 2.93. The largest absolute Gasteiger partial charge is 0.495 e. The molecule has 0 saturated heterocycles. The van der Waals surface area contributed by atoms with Gasteiger partial charge in [-0.15, -0.1) is 0 Å². The molecule has 3 rings (SSSR count). The first-order valence-electron chi connectivity index (χ1n) is 7.90. The molecule has 132 valence electrons. The van der Waals surface area contributed by atoms with Crippen molar-refractivity contribution in [2.24, 2.45) is 0 Å². The summed E-state index contributed by atoms with van der Waals surface area (Å²) in [7, 11) is 1.52. The maximum atomic E-state index is 12.4. The number of aromatic nitrogens is 2. The molecule has 0 radical (unpaired) electrons. The van der Waals surface area contributed by atoms with Crippen molar-refractivity contribution >= 4 is 29.1 Å². The lowest BCUT2D eigenvalue weighted by atomic mass is 10.2. The van der Waals surface area contributed by atoms with Gasteiger partial charge in [0.15, 0.2) is 0 Å². The number of amides is 1. The van der Waals surface area contributed by atoms with E-state index in [1.54, 1.807) is 18.2 Å². The zero-order chi connectivity index (χ0) is 18.4. The third-order valence-corrected chi connectivity index (χ3v) is 3.85. The third kappa shape index (κ3) is 4.49. The van der Waals surface area contributed by atoms with Crippen molar-refractivity contribution in [3.05, 3.63) is 77.1 Å². The number of carbonyl (C=O) groups is 1. The fourth-order valence-electron chi connectivity index (χ4n) is 2.29. The van der Waals surface area contributed by atoms with Crippen LogP contribution in [0.5, 0.6) is 5.75 Å². The van der Waals surface area contributed by atoms with E-state index in [9.17, 15) is 4.79 Å². The Balaban J connectivity index is 1.64. The van der Waals surface area contributed by atoms with Crippen molar-refractivity contribution in [3.63, 3.8) is 0 Å². The second-order valence-corrected chi connectivity index (χ2v) is 5.87. The quantitative estimate of drug-likeness (QED) is 0.687. The molecule has 0 unspecified atom stereocenters.